The van der Waals surface area contributed by atoms with Crippen LogP contribution >= 0.6 is 11.8 Å². The number of aromatic nitrogens is 1. The van der Waals surface area contributed by atoms with Crippen molar-refractivity contribution in [3.63, 3.8) is 0 Å². The predicted molar refractivity (Wildman–Crippen MR) is 66.1 cm³/mol. The van der Waals surface area contributed by atoms with Crippen molar-refractivity contribution in [2.75, 3.05) is 26.4 Å². The van der Waals surface area contributed by atoms with E-state index in [-0.39, 0.29) is 6.04 Å². The number of hydrogen-bond acceptors (Lipinski definition) is 4. The van der Waals surface area contributed by atoms with Gasteiger partial charge >= 0.3 is 0 Å². The summed E-state index contributed by atoms with van der Waals surface area (Å²) in [5, 5.41) is 0. The summed E-state index contributed by atoms with van der Waals surface area (Å²) < 4.78 is 0. The molecule has 0 aliphatic rings. The molecule has 3 nitrogen and oxygen atoms in total. The molecular formula is C11H19N3S. The lowest BCUT2D eigenvalue weighted by Gasteiger charge is -2.09. The van der Waals surface area contributed by atoms with Crippen LogP contribution in [0.25, 0.3) is 0 Å². The van der Waals surface area contributed by atoms with Crippen LogP contribution in [0.15, 0.2) is 23.2 Å². The van der Waals surface area contributed by atoms with E-state index in [1.807, 2.05) is 30.9 Å². The van der Waals surface area contributed by atoms with E-state index in [1.54, 1.807) is 0 Å². The molecule has 0 fully saturated rings. The summed E-state index contributed by atoms with van der Waals surface area (Å²) in [6.45, 7) is 3.03. The monoisotopic (exact) mass is 225 g/mol. The topological polar surface area (TPSA) is 42.1 Å². The van der Waals surface area contributed by atoms with Crippen LogP contribution in [-0.2, 0) is 0 Å². The van der Waals surface area contributed by atoms with Crippen LogP contribution in [0.2, 0.25) is 0 Å². The van der Waals surface area contributed by atoms with Gasteiger partial charge in [0.25, 0.3) is 0 Å². The van der Waals surface area contributed by atoms with Crippen LogP contribution in [0.5, 0.6) is 0 Å². The van der Waals surface area contributed by atoms with Crippen molar-refractivity contribution in [2.24, 2.45) is 5.73 Å². The Balaban J connectivity index is 2.43. The second kappa shape index (κ2) is 6.10. The van der Waals surface area contributed by atoms with Crippen LogP contribution in [0.1, 0.15) is 18.7 Å². The lowest BCUT2D eigenvalue weighted by atomic mass is 10.2. The molecule has 1 heterocycles. The molecule has 1 atom stereocenters. The van der Waals surface area contributed by atoms with Gasteiger partial charge < -0.3 is 10.6 Å². The Labute approximate surface area is 96.1 Å². The van der Waals surface area contributed by atoms with Gasteiger partial charge in [-0.25, -0.2) is 0 Å². The lowest BCUT2D eigenvalue weighted by Crippen LogP contribution is -2.14. The highest BCUT2D eigenvalue weighted by atomic mass is 32.2. The maximum absolute atomic E-state index is 5.73. The number of pyridine rings is 1. The third kappa shape index (κ3) is 4.64. The minimum Gasteiger partial charge on any atom is -0.323 e. The first-order valence-electron chi connectivity index (χ1n) is 5.08. The normalized spacial score (nSPS) is 13.1. The summed E-state index contributed by atoms with van der Waals surface area (Å²) in [6.07, 6.45) is 1.90. The molecule has 0 saturated heterocycles. The maximum Gasteiger partial charge on any atom is 0.0569 e. The van der Waals surface area contributed by atoms with Gasteiger partial charge in [0.15, 0.2) is 0 Å². The standard InChI is InChI=1S/C11H19N3S/c1-9(12)11-5-4-10(8-13-11)15-7-6-14(2)3/h4-5,8-9H,6-7,12H2,1-3H3/t9-/m0/s1. The Bertz CT molecular complexity index is 282. The van der Waals surface area contributed by atoms with Crippen molar-refractivity contribution >= 4 is 11.8 Å². The summed E-state index contributed by atoms with van der Waals surface area (Å²) in [4.78, 5) is 7.70. The van der Waals surface area contributed by atoms with E-state index in [4.69, 9.17) is 5.73 Å². The van der Waals surface area contributed by atoms with Crippen molar-refractivity contribution in [1.82, 2.24) is 9.88 Å². The molecule has 1 aromatic rings. The number of thioether (sulfide) groups is 1. The molecule has 0 bridgehead atoms. The third-order valence-corrected chi connectivity index (χ3v) is 2.99. The van der Waals surface area contributed by atoms with Crippen molar-refractivity contribution in [3.05, 3.63) is 24.0 Å². The van der Waals surface area contributed by atoms with Gasteiger partial charge in [0.05, 0.1) is 5.69 Å². The molecule has 4 heteroatoms. The van der Waals surface area contributed by atoms with E-state index in [0.29, 0.717) is 0 Å². The molecule has 0 aliphatic carbocycles. The number of nitrogens with two attached hydrogens (primary N) is 1. The molecule has 15 heavy (non-hydrogen) atoms. The average Bonchev–Trinajstić information content (AvgIpc) is 2.18. The molecule has 0 aromatic carbocycles. The minimum absolute atomic E-state index is 0.0193. The van der Waals surface area contributed by atoms with E-state index in [2.05, 4.69) is 30.0 Å². The SMILES string of the molecule is C[C@H](N)c1ccc(SCCN(C)C)cn1. The Morgan fingerprint density at radius 1 is 1.47 bits per heavy atom. The highest BCUT2D eigenvalue weighted by Gasteiger charge is 2.01. The zero-order valence-corrected chi connectivity index (χ0v) is 10.4. The molecule has 0 saturated carbocycles. The van der Waals surface area contributed by atoms with Crippen molar-refractivity contribution in [2.45, 2.75) is 17.9 Å². The molecule has 0 radical (unpaired) electrons. The van der Waals surface area contributed by atoms with Gasteiger partial charge in [-0.05, 0) is 33.2 Å². The number of hydrogen-bond donors (Lipinski definition) is 1. The van der Waals surface area contributed by atoms with Crippen LogP contribution in [-0.4, -0.2) is 36.3 Å². The lowest BCUT2D eigenvalue weighted by molar-refractivity contribution is 0.437. The van der Waals surface area contributed by atoms with E-state index in [9.17, 15) is 0 Å². The zero-order chi connectivity index (χ0) is 11.3. The van der Waals surface area contributed by atoms with E-state index < -0.39 is 0 Å². The number of nitrogens with zero attached hydrogens (tertiary/aromatic N) is 2. The van der Waals surface area contributed by atoms with Gasteiger partial charge in [-0.2, -0.15) is 0 Å². The average molecular weight is 225 g/mol. The molecule has 0 spiro atoms. The van der Waals surface area contributed by atoms with E-state index in [1.165, 1.54) is 4.90 Å². The van der Waals surface area contributed by atoms with E-state index >= 15 is 0 Å². The minimum atomic E-state index is 0.0193. The van der Waals surface area contributed by atoms with Crippen LogP contribution < -0.4 is 5.73 Å². The van der Waals surface area contributed by atoms with Crippen molar-refractivity contribution in [1.29, 1.82) is 0 Å². The third-order valence-electron chi connectivity index (χ3n) is 2.03. The van der Waals surface area contributed by atoms with Gasteiger partial charge in [-0.3, -0.25) is 4.98 Å². The quantitative estimate of drug-likeness (QED) is 0.775. The fraction of sp³-hybridized carbons (Fsp3) is 0.545. The Kier molecular flexibility index (Phi) is 5.08. The summed E-state index contributed by atoms with van der Waals surface area (Å²) in [6, 6.07) is 4.11. The summed E-state index contributed by atoms with van der Waals surface area (Å²) in [5.74, 6) is 1.09. The Hall–Kier alpha value is -0.580. The molecule has 0 unspecified atom stereocenters. The smallest absolute Gasteiger partial charge is 0.0569 e. The molecule has 1 rings (SSSR count). The second-order valence-electron chi connectivity index (χ2n) is 3.86. The molecular weight excluding hydrogens is 206 g/mol. The van der Waals surface area contributed by atoms with Gasteiger partial charge in [-0.1, -0.05) is 0 Å². The largest absolute Gasteiger partial charge is 0.323 e. The summed E-state index contributed by atoms with van der Waals surface area (Å²) in [5.41, 5.74) is 6.68. The summed E-state index contributed by atoms with van der Waals surface area (Å²) >= 11 is 1.82. The fourth-order valence-electron chi connectivity index (χ4n) is 1.09. The Morgan fingerprint density at radius 3 is 2.67 bits per heavy atom. The van der Waals surface area contributed by atoms with Crippen molar-refractivity contribution < 1.29 is 0 Å². The number of rotatable bonds is 5. The first-order valence-corrected chi connectivity index (χ1v) is 6.07. The first-order chi connectivity index (χ1) is 7.09. The van der Waals surface area contributed by atoms with Gasteiger partial charge in [-0.15, -0.1) is 11.8 Å². The van der Waals surface area contributed by atoms with Gasteiger partial charge in [0.2, 0.25) is 0 Å². The summed E-state index contributed by atoms with van der Waals surface area (Å²) in [7, 11) is 4.16. The first kappa shape index (κ1) is 12.5. The molecule has 0 amide bonds. The van der Waals surface area contributed by atoms with Gasteiger partial charge in [0, 0.05) is 29.4 Å². The van der Waals surface area contributed by atoms with Crippen LogP contribution in [0.4, 0.5) is 0 Å². The molecule has 84 valence electrons. The zero-order valence-electron chi connectivity index (χ0n) is 9.60. The molecule has 1 aromatic heterocycles. The van der Waals surface area contributed by atoms with E-state index in [0.717, 1.165) is 18.0 Å². The highest BCUT2D eigenvalue weighted by molar-refractivity contribution is 7.99. The van der Waals surface area contributed by atoms with Crippen molar-refractivity contribution in [3.8, 4) is 0 Å². The van der Waals surface area contributed by atoms with Crippen LogP contribution in [0, 0.1) is 0 Å². The predicted octanol–water partition coefficient (Wildman–Crippen LogP) is 1.76. The Morgan fingerprint density at radius 2 is 2.20 bits per heavy atom. The molecule has 0 aliphatic heterocycles. The fourth-order valence-corrected chi connectivity index (χ4v) is 2.08. The van der Waals surface area contributed by atoms with Gasteiger partial charge in [0.1, 0.15) is 0 Å². The molecule has 2 N–H and O–H groups in total. The highest BCUT2D eigenvalue weighted by Crippen LogP contribution is 2.17. The maximum atomic E-state index is 5.73. The van der Waals surface area contributed by atoms with Crippen LogP contribution in [0.3, 0.4) is 0 Å². The second-order valence-corrected chi connectivity index (χ2v) is 5.03.